The fourth-order valence-electron chi connectivity index (χ4n) is 2.79. The van der Waals surface area contributed by atoms with Gasteiger partial charge in [-0.2, -0.15) is 0 Å². The fourth-order valence-corrected chi connectivity index (χ4v) is 3.70. The van der Waals surface area contributed by atoms with Crippen LogP contribution in [0.25, 0.3) is 10.2 Å². The molecule has 0 unspecified atom stereocenters. The number of thiazole rings is 1. The fraction of sp³-hybridized carbons (Fsp3) is 0.111. The molecule has 0 fully saturated rings. The molecular formula is C18H12FN3O3S. The Bertz CT molecular complexity index is 1030. The van der Waals surface area contributed by atoms with E-state index < -0.39 is 11.8 Å². The second kappa shape index (κ2) is 6.30. The summed E-state index contributed by atoms with van der Waals surface area (Å²) in [4.78, 5) is 41.9. The second-order valence-electron chi connectivity index (χ2n) is 5.74. The molecule has 2 heterocycles. The highest BCUT2D eigenvalue weighted by Gasteiger charge is 2.34. The Morgan fingerprint density at radius 2 is 1.81 bits per heavy atom. The van der Waals surface area contributed by atoms with E-state index in [0.717, 1.165) is 16.2 Å². The van der Waals surface area contributed by atoms with Crippen molar-refractivity contribution in [3.8, 4) is 0 Å². The van der Waals surface area contributed by atoms with E-state index in [1.807, 2.05) is 0 Å². The summed E-state index contributed by atoms with van der Waals surface area (Å²) >= 11 is 1.16. The Balaban J connectivity index is 1.41. The maximum absolute atomic E-state index is 13.2. The zero-order valence-corrected chi connectivity index (χ0v) is 14.2. The Morgan fingerprint density at radius 3 is 2.50 bits per heavy atom. The Hall–Kier alpha value is -3.13. The van der Waals surface area contributed by atoms with Gasteiger partial charge in [0.25, 0.3) is 11.8 Å². The number of carbonyl (C=O) groups is 3. The van der Waals surface area contributed by atoms with E-state index in [4.69, 9.17) is 0 Å². The van der Waals surface area contributed by atoms with Crippen LogP contribution in [0, 0.1) is 5.82 Å². The molecule has 0 bridgehead atoms. The molecule has 0 saturated carbocycles. The number of anilines is 1. The molecule has 6 nitrogen and oxygen atoms in total. The lowest BCUT2D eigenvalue weighted by Gasteiger charge is -2.12. The van der Waals surface area contributed by atoms with Gasteiger partial charge in [0.2, 0.25) is 5.91 Å². The highest BCUT2D eigenvalue weighted by molar-refractivity contribution is 7.22. The molecule has 1 aliphatic rings. The molecule has 3 amide bonds. The minimum Gasteiger partial charge on any atom is -0.302 e. The topological polar surface area (TPSA) is 79.4 Å². The van der Waals surface area contributed by atoms with Crippen LogP contribution in [0.3, 0.4) is 0 Å². The monoisotopic (exact) mass is 369 g/mol. The highest BCUT2D eigenvalue weighted by atomic mass is 32.1. The van der Waals surface area contributed by atoms with E-state index in [1.54, 1.807) is 24.3 Å². The highest BCUT2D eigenvalue weighted by Crippen LogP contribution is 2.27. The summed E-state index contributed by atoms with van der Waals surface area (Å²) in [5.74, 6) is -1.53. The van der Waals surface area contributed by atoms with Gasteiger partial charge in [-0.3, -0.25) is 19.3 Å². The first kappa shape index (κ1) is 16.3. The van der Waals surface area contributed by atoms with Crippen LogP contribution < -0.4 is 5.32 Å². The molecule has 130 valence electrons. The molecule has 1 aliphatic heterocycles. The zero-order valence-electron chi connectivity index (χ0n) is 13.4. The van der Waals surface area contributed by atoms with E-state index in [9.17, 15) is 18.8 Å². The first-order chi connectivity index (χ1) is 12.5. The average molecular weight is 369 g/mol. The van der Waals surface area contributed by atoms with Gasteiger partial charge in [0.15, 0.2) is 5.13 Å². The molecule has 8 heteroatoms. The lowest BCUT2D eigenvalue weighted by atomic mass is 10.1. The van der Waals surface area contributed by atoms with Gasteiger partial charge in [0, 0.05) is 13.0 Å². The number of carbonyl (C=O) groups excluding carboxylic acids is 3. The summed E-state index contributed by atoms with van der Waals surface area (Å²) in [6, 6.07) is 10.8. The van der Waals surface area contributed by atoms with Crippen molar-refractivity contribution in [2.45, 2.75) is 6.42 Å². The number of benzene rings is 2. The van der Waals surface area contributed by atoms with Gasteiger partial charge < -0.3 is 5.32 Å². The van der Waals surface area contributed by atoms with Gasteiger partial charge in [0.1, 0.15) is 5.82 Å². The number of fused-ring (bicyclic) bond motifs is 2. The molecule has 1 N–H and O–H groups in total. The van der Waals surface area contributed by atoms with Gasteiger partial charge in [0.05, 0.1) is 21.3 Å². The van der Waals surface area contributed by atoms with Crippen LogP contribution in [0.5, 0.6) is 0 Å². The van der Waals surface area contributed by atoms with Crippen LogP contribution in [0.1, 0.15) is 27.1 Å². The number of aromatic nitrogens is 1. The second-order valence-corrected chi connectivity index (χ2v) is 6.77. The third kappa shape index (κ3) is 2.84. The smallest absolute Gasteiger partial charge is 0.261 e. The van der Waals surface area contributed by atoms with Crippen molar-refractivity contribution < 1.29 is 18.8 Å². The predicted octanol–water partition coefficient (Wildman–Crippen LogP) is 3.06. The summed E-state index contributed by atoms with van der Waals surface area (Å²) in [5.41, 5.74) is 1.30. The third-order valence-electron chi connectivity index (χ3n) is 4.04. The quantitative estimate of drug-likeness (QED) is 0.717. The lowest BCUT2D eigenvalue weighted by molar-refractivity contribution is -0.116. The van der Waals surface area contributed by atoms with Crippen molar-refractivity contribution in [3.63, 3.8) is 0 Å². The van der Waals surface area contributed by atoms with Gasteiger partial charge in [-0.15, -0.1) is 0 Å². The van der Waals surface area contributed by atoms with Crippen molar-refractivity contribution in [1.29, 1.82) is 0 Å². The van der Waals surface area contributed by atoms with Crippen LogP contribution in [0.15, 0.2) is 42.5 Å². The van der Waals surface area contributed by atoms with E-state index >= 15 is 0 Å². The van der Waals surface area contributed by atoms with Crippen molar-refractivity contribution in [3.05, 3.63) is 59.4 Å². The minimum absolute atomic E-state index is 0.0162. The zero-order chi connectivity index (χ0) is 18.3. The number of nitrogens with zero attached hydrogens (tertiary/aromatic N) is 2. The van der Waals surface area contributed by atoms with E-state index in [1.165, 1.54) is 18.2 Å². The van der Waals surface area contributed by atoms with Crippen LogP contribution in [-0.2, 0) is 4.79 Å². The molecule has 3 aromatic rings. The van der Waals surface area contributed by atoms with E-state index in [0.29, 0.717) is 26.5 Å². The van der Waals surface area contributed by atoms with E-state index in [-0.39, 0.29) is 24.7 Å². The van der Waals surface area contributed by atoms with Crippen LogP contribution in [-0.4, -0.2) is 34.2 Å². The standard InChI is InChI=1S/C18H12FN3O3S/c19-10-5-6-13-14(9-10)26-18(20-13)21-15(23)7-8-22-16(24)11-3-1-2-4-12(11)17(22)25/h1-6,9H,7-8H2,(H,20,21,23). The Morgan fingerprint density at radius 1 is 1.12 bits per heavy atom. The SMILES string of the molecule is O=C(CCN1C(=O)c2ccccc2C1=O)Nc1nc2ccc(F)cc2s1. The van der Waals surface area contributed by atoms with Gasteiger partial charge in [-0.25, -0.2) is 9.37 Å². The number of halogens is 1. The maximum atomic E-state index is 13.2. The largest absolute Gasteiger partial charge is 0.302 e. The number of nitrogens with one attached hydrogen (secondary N) is 1. The van der Waals surface area contributed by atoms with Crippen molar-refractivity contribution in [1.82, 2.24) is 9.88 Å². The molecule has 0 atom stereocenters. The number of amides is 3. The Kier molecular flexibility index (Phi) is 3.96. The third-order valence-corrected chi connectivity index (χ3v) is 4.97. The molecule has 26 heavy (non-hydrogen) atoms. The van der Waals surface area contributed by atoms with Crippen LogP contribution >= 0.6 is 11.3 Å². The molecule has 0 saturated heterocycles. The first-order valence-corrected chi connectivity index (χ1v) is 8.66. The van der Waals surface area contributed by atoms with Gasteiger partial charge in [-0.05, 0) is 30.3 Å². The van der Waals surface area contributed by atoms with Crippen LogP contribution in [0.2, 0.25) is 0 Å². The summed E-state index contributed by atoms with van der Waals surface area (Å²) in [6.07, 6.45) is -0.0459. The average Bonchev–Trinajstić information content (AvgIpc) is 3.12. The maximum Gasteiger partial charge on any atom is 0.261 e. The normalized spacial score (nSPS) is 13.3. The number of hydrogen-bond donors (Lipinski definition) is 1. The number of rotatable bonds is 4. The van der Waals surface area contributed by atoms with Crippen LogP contribution in [0.4, 0.5) is 9.52 Å². The van der Waals surface area contributed by atoms with Crippen molar-refractivity contribution in [2.24, 2.45) is 0 Å². The molecule has 0 radical (unpaired) electrons. The molecule has 2 aromatic carbocycles. The lowest BCUT2D eigenvalue weighted by Crippen LogP contribution is -2.32. The molecule has 0 aliphatic carbocycles. The summed E-state index contributed by atoms with van der Waals surface area (Å²) in [5, 5.41) is 2.97. The summed E-state index contributed by atoms with van der Waals surface area (Å²) in [6.45, 7) is -0.0162. The first-order valence-electron chi connectivity index (χ1n) is 7.84. The summed E-state index contributed by atoms with van der Waals surface area (Å²) in [7, 11) is 0. The number of imide groups is 1. The van der Waals surface area contributed by atoms with Crippen molar-refractivity contribution >= 4 is 44.4 Å². The Labute approximate surface area is 151 Å². The molecule has 0 spiro atoms. The van der Waals surface area contributed by atoms with Crippen molar-refractivity contribution in [2.75, 3.05) is 11.9 Å². The predicted molar refractivity (Wildman–Crippen MR) is 94.6 cm³/mol. The van der Waals surface area contributed by atoms with E-state index in [2.05, 4.69) is 10.3 Å². The minimum atomic E-state index is -0.395. The van der Waals surface area contributed by atoms with Gasteiger partial charge in [-0.1, -0.05) is 23.5 Å². The molecule has 4 rings (SSSR count). The summed E-state index contributed by atoms with van der Waals surface area (Å²) < 4.78 is 13.8. The number of hydrogen-bond acceptors (Lipinski definition) is 5. The molecular weight excluding hydrogens is 357 g/mol. The van der Waals surface area contributed by atoms with Gasteiger partial charge >= 0.3 is 0 Å². The molecule has 1 aromatic heterocycles.